The standard InChI is InChI=1S/C23H16Cl3N5O2S/c24-15-7-5-14(6-8-15)20-13-21(18-3-1-2-4-19(18)26)31-23(27-20)28-22(29-31)30-34(32,33)17-11-9-16(25)10-12-17/h1-13,21H,(H2,27,28,29,30)/t21-/m0/s1. The zero-order valence-electron chi connectivity index (χ0n) is 17.3. The number of aromatic nitrogens is 3. The van der Waals surface area contributed by atoms with Crippen LogP contribution in [0, 0.1) is 0 Å². The highest BCUT2D eigenvalue weighted by Gasteiger charge is 2.28. The van der Waals surface area contributed by atoms with Crippen molar-refractivity contribution in [3.8, 4) is 0 Å². The van der Waals surface area contributed by atoms with Gasteiger partial charge in [0.15, 0.2) is 0 Å². The van der Waals surface area contributed by atoms with Crippen molar-refractivity contribution < 1.29 is 8.42 Å². The Morgan fingerprint density at radius 3 is 2.21 bits per heavy atom. The van der Waals surface area contributed by atoms with Gasteiger partial charge in [-0.25, -0.2) is 17.8 Å². The van der Waals surface area contributed by atoms with E-state index in [4.69, 9.17) is 34.8 Å². The lowest BCUT2D eigenvalue weighted by molar-refractivity contribution is 0.598. The fourth-order valence-electron chi connectivity index (χ4n) is 3.56. The van der Waals surface area contributed by atoms with Gasteiger partial charge in [0.05, 0.1) is 4.90 Å². The Morgan fingerprint density at radius 2 is 1.53 bits per heavy atom. The van der Waals surface area contributed by atoms with Crippen molar-refractivity contribution in [1.82, 2.24) is 14.8 Å². The molecule has 0 bridgehead atoms. The van der Waals surface area contributed by atoms with Crippen molar-refractivity contribution in [2.45, 2.75) is 10.9 Å². The Labute approximate surface area is 211 Å². The monoisotopic (exact) mass is 531 g/mol. The highest BCUT2D eigenvalue weighted by atomic mass is 35.5. The first-order chi connectivity index (χ1) is 16.3. The van der Waals surface area contributed by atoms with Crippen LogP contribution in [-0.2, 0) is 10.0 Å². The van der Waals surface area contributed by atoms with E-state index >= 15 is 0 Å². The van der Waals surface area contributed by atoms with Gasteiger partial charge in [0, 0.05) is 20.8 Å². The molecule has 1 aliphatic heterocycles. The van der Waals surface area contributed by atoms with Crippen molar-refractivity contribution >= 4 is 62.4 Å². The number of allylic oxidation sites excluding steroid dienone is 1. The summed E-state index contributed by atoms with van der Waals surface area (Å²) in [6.07, 6.45) is 1.95. The molecule has 0 spiro atoms. The van der Waals surface area contributed by atoms with E-state index in [1.165, 1.54) is 24.3 Å². The number of nitrogens with zero attached hydrogens (tertiary/aromatic N) is 3. The van der Waals surface area contributed by atoms with Gasteiger partial charge in [-0.05, 0) is 59.7 Å². The van der Waals surface area contributed by atoms with Crippen LogP contribution in [0.5, 0.6) is 0 Å². The van der Waals surface area contributed by atoms with Gasteiger partial charge in [0.25, 0.3) is 16.0 Å². The van der Waals surface area contributed by atoms with Crippen LogP contribution in [0.2, 0.25) is 15.1 Å². The zero-order chi connectivity index (χ0) is 23.9. The Bertz CT molecular complexity index is 1500. The maximum absolute atomic E-state index is 12.8. The van der Waals surface area contributed by atoms with E-state index in [0.717, 1.165) is 16.8 Å². The summed E-state index contributed by atoms with van der Waals surface area (Å²) in [6, 6.07) is 20.1. The molecule has 1 aromatic heterocycles. The van der Waals surface area contributed by atoms with E-state index in [9.17, 15) is 8.42 Å². The van der Waals surface area contributed by atoms with Crippen molar-refractivity contribution in [2.75, 3.05) is 10.0 Å². The molecule has 11 heteroatoms. The predicted octanol–water partition coefficient (Wildman–Crippen LogP) is 6.10. The Hall–Kier alpha value is -3.04. The third kappa shape index (κ3) is 4.50. The van der Waals surface area contributed by atoms with Gasteiger partial charge < -0.3 is 5.32 Å². The Kier molecular flexibility index (Phi) is 5.99. The summed E-state index contributed by atoms with van der Waals surface area (Å²) < 4.78 is 29.7. The van der Waals surface area contributed by atoms with Crippen molar-refractivity contribution in [1.29, 1.82) is 0 Å². The van der Waals surface area contributed by atoms with E-state index in [1.807, 2.05) is 36.4 Å². The molecule has 7 nitrogen and oxygen atoms in total. The van der Waals surface area contributed by atoms with E-state index < -0.39 is 16.1 Å². The first-order valence-electron chi connectivity index (χ1n) is 10.0. The summed E-state index contributed by atoms with van der Waals surface area (Å²) in [5, 5.41) is 9.24. The highest BCUT2D eigenvalue weighted by molar-refractivity contribution is 7.92. The lowest BCUT2D eigenvalue weighted by Crippen LogP contribution is -2.20. The third-order valence-corrected chi connectivity index (χ3v) is 7.39. The molecule has 2 heterocycles. The summed E-state index contributed by atoms with van der Waals surface area (Å²) in [6.45, 7) is 0. The summed E-state index contributed by atoms with van der Waals surface area (Å²) in [5.41, 5.74) is 2.42. The summed E-state index contributed by atoms with van der Waals surface area (Å²) in [7, 11) is -3.92. The molecule has 0 aliphatic carbocycles. The van der Waals surface area contributed by atoms with Crippen LogP contribution in [0.1, 0.15) is 17.2 Å². The van der Waals surface area contributed by atoms with Gasteiger partial charge in [-0.3, -0.25) is 0 Å². The molecule has 0 fully saturated rings. The number of nitrogens with one attached hydrogen (secondary N) is 2. The van der Waals surface area contributed by atoms with E-state index in [0.29, 0.717) is 21.0 Å². The second kappa shape index (κ2) is 8.96. The molecule has 0 radical (unpaired) electrons. The van der Waals surface area contributed by atoms with Crippen molar-refractivity contribution in [2.24, 2.45) is 0 Å². The van der Waals surface area contributed by atoms with Crippen LogP contribution in [-0.4, -0.2) is 23.2 Å². The largest absolute Gasteiger partial charge is 0.324 e. The Morgan fingerprint density at radius 1 is 0.882 bits per heavy atom. The molecular formula is C23H16Cl3N5O2S. The van der Waals surface area contributed by atoms with Gasteiger partial charge in [-0.1, -0.05) is 65.1 Å². The fraction of sp³-hybridized carbons (Fsp3) is 0.0435. The van der Waals surface area contributed by atoms with Crippen LogP contribution >= 0.6 is 34.8 Å². The molecule has 0 unspecified atom stereocenters. The molecule has 0 saturated heterocycles. The molecule has 4 aromatic rings. The molecule has 172 valence electrons. The van der Waals surface area contributed by atoms with Crippen LogP contribution in [0.4, 0.5) is 11.9 Å². The minimum Gasteiger partial charge on any atom is -0.324 e. The summed E-state index contributed by atoms with van der Waals surface area (Å²) in [4.78, 5) is 4.43. The van der Waals surface area contributed by atoms with Gasteiger partial charge in [0.2, 0.25) is 5.95 Å². The average Bonchev–Trinajstić information content (AvgIpc) is 3.21. The minimum atomic E-state index is -3.92. The van der Waals surface area contributed by atoms with Crippen LogP contribution < -0.4 is 10.0 Å². The smallest absolute Gasteiger partial charge is 0.264 e. The number of fused-ring (bicyclic) bond motifs is 1. The van der Waals surface area contributed by atoms with Gasteiger partial charge in [-0.15, -0.1) is 5.10 Å². The SMILES string of the molecule is O=S(=O)(Nc1nc2n(n1)[C@H](c1ccccc1Cl)C=C(c1ccc(Cl)cc1)N2)c1ccc(Cl)cc1. The maximum atomic E-state index is 12.8. The van der Waals surface area contributed by atoms with Gasteiger partial charge in [-0.2, -0.15) is 4.98 Å². The summed E-state index contributed by atoms with van der Waals surface area (Å²) >= 11 is 18.4. The molecule has 3 aromatic carbocycles. The van der Waals surface area contributed by atoms with E-state index in [1.54, 1.807) is 22.9 Å². The number of hydrogen-bond donors (Lipinski definition) is 2. The topological polar surface area (TPSA) is 88.9 Å². The number of sulfonamides is 1. The number of halogens is 3. The quantitative estimate of drug-likeness (QED) is 0.324. The second-order valence-corrected chi connectivity index (χ2v) is 10.4. The molecule has 2 N–H and O–H groups in total. The number of benzene rings is 3. The minimum absolute atomic E-state index is 0.0419. The van der Waals surface area contributed by atoms with Crippen molar-refractivity contribution in [3.63, 3.8) is 0 Å². The third-order valence-electron chi connectivity index (χ3n) is 5.19. The molecule has 1 atom stereocenters. The molecule has 0 saturated carbocycles. The average molecular weight is 533 g/mol. The molecule has 34 heavy (non-hydrogen) atoms. The normalized spacial score (nSPS) is 15.3. The second-order valence-electron chi connectivity index (χ2n) is 7.44. The number of rotatable bonds is 5. The maximum Gasteiger partial charge on any atom is 0.264 e. The molecule has 1 aliphatic rings. The number of anilines is 2. The van der Waals surface area contributed by atoms with Crippen LogP contribution in [0.3, 0.4) is 0 Å². The predicted molar refractivity (Wildman–Crippen MR) is 135 cm³/mol. The highest BCUT2D eigenvalue weighted by Crippen LogP contribution is 2.36. The first-order valence-corrected chi connectivity index (χ1v) is 12.7. The van der Waals surface area contributed by atoms with Gasteiger partial charge >= 0.3 is 0 Å². The van der Waals surface area contributed by atoms with E-state index in [2.05, 4.69) is 20.1 Å². The molecular weight excluding hydrogens is 517 g/mol. The van der Waals surface area contributed by atoms with Crippen LogP contribution in [0.25, 0.3) is 5.70 Å². The summed E-state index contributed by atoms with van der Waals surface area (Å²) in [5.74, 6) is 0.270. The van der Waals surface area contributed by atoms with Gasteiger partial charge in [0.1, 0.15) is 6.04 Å². The Balaban J connectivity index is 1.55. The lowest BCUT2D eigenvalue weighted by Gasteiger charge is -2.24. The van der Waals surface area contributed by atoms with Crippen molar-refractivity contribution in [3.05, 3.63) is 105 Å². The molecule has 0 amide bonds. The zero-order valence-corrected chi connectivity index (χ0v) is 20.4. The fourth-order valence-corrected chi connectivity index (χ4v) is 5.00. The van der Waals surface area contributed by atoms with Crippen LogP contribution in [0.15, 0.2) is 83.8 Å². The number of hydrogen-bond acceptors (Lipinski definition) is 5. The van der Waals surface area contributed by atoms with E-state index in [-0.39, 0.29) is 10.8 Å². The first kappa shape index (κ1) is 22.7. The lowest BCUT2D eigenvalue weighted by atomic mass is 10.0. The molecule has 5 rings (SSSR count).